The van der Waals surface area contributed by atoms with Gasteiger partial charge < -0.3 is 10.6 Å². The van der Waals surface area contributed by atoms with Crippen molar-refractivity contribution in [2.24, 2.45) is 0 Å². The van der Waals surface area contributed by atoms with E-state index in [-0.39, 0.29) is 12.0 Å². The second-order valence-corrected chi connectivity index (χ2v) is 5.56. The minimum absolute atomic E-state index is 0.273. The Morgan fingerprint density at radius 1 is 1.14 bits per heavy atom. The Labute approximate surface area is 121 Å². The molecule has 0 atom stereocenters. The van der Waals surface area contributed by atoms with E-state index in [1.165, 1.54) is 0 Å². The zero-order valence-electron chi connectivity index (χ0n) is 11.7. The number of halogens is 4. The number of nitrogens with one attached hydrogen (secondary N) is 2. The highest BCUT2D eigenvalue weighted by Crippen LogP contribution is 2.33. The third kappa shape index (κ3) is 3.95. The number of hydrogen-bond acceptors (Lipinski definition) is 2. The highest BCUT2D eigenvalue weighted by Gasteiger charge is 2.41. The van der Waals surface area contributed by atoms with Gasteiger partial charge in [-0.3, -0.25) is 0 Å². The van der Waals surface area contributed by atoms with Gasteiger partial charge in [-0.05, 0) is 31.5 Å². The summed E-state index contributed by atoms with van der Waals surface area (Å²) >= 11 is 0. The highest BCUT2D eigenvalue weighted by molar-refractivity contribution is 5.27. The molecule has 0 amide bonds. The van der Waals surface area contributed by atoms with E-state index < -0.39 is 18.9 Å². The van der Waals surface area contributed by atoms with Crippen LogP contribution in [0.25, 0.3) is 0 Å². The fourth-order valence-electron chi connectivity index (χ4n) is 2.81. The van der Waals surface area contributed by atoms with Crippen LogP contribution in [-0.2, 0) is 5.41 Å². The predicted octanol–water partition coefficient (Wildman–Crippen LogP) is 2.80. The van der Waals surface area contributed by atoms with Crippen LogP contribution in [0.5, 0.6) is 0 Å². The van der Waals surface area contributed by atoms with E-state index in [0.29, 0.717) is 0 Å². The number of benzene rings is 1. The molecule has 2 N–H and O–H groups in total. The molecule has 1 fully saturated rings. The molecule has 2 rings (SSSR count). The lowest BCUT2D eigenvalue weighted by atomic mass is 9.73. The molecule has 1 aliphatic heterocycles. The first-order valence-electron chi connectivity index (χ1n) is 7.09. The minimum Gasteiger partial charge on any atom is -0.317 e. The van der Waals surface area contributed by atoms with Gasteiger partial charge in [-0.1, -0.05) is 30.3 Å². The Hall–Kier alpha value is -1.14. The summed E-state index contributed by atoms with van der Waals surface area (Å²) in [5.41, 5.74) is 0.796. The van der Waals surface area contributed by atoms with Crippen LogP contribution in [0, 0.1) is 0 Å². The molecule has 6 heteroatoms. The average molecular weight is 304 g/mol. The van der Waals surface area contributed by atoms with Crippen molar-refractivity contribution < 1.29 is 17.6 Å². The molecule has 1 aromatic carbocycles. The maximum absolute atomic E-state index is 13.0. The fourth-order valence-corrected chi connectivity index (χ4v) is 2.81. The summed E-state index contributed by atoms with van der Waals surface area (Å²) in [6.45, 7) is 0.872. The molecule has 1 aromatic rings. The van der Waals surface area contributed by atoms with Crippen LogP contribution < -0.4 is 10.6 Å². The molecule has 1 aliphatic rings. The van der Waals surface area contributed by atoms with Crippen molar-refractivity contribution in [1.82, 2.24) is 10.6 Å². The van der Waals surface area contributed by atoms with Crippen molar-refractivity contribution in [3.8, 4) is 0 Å². The van der Waals surface area contributed by atoms with Crippen molar-refractivity contribution in [1.29, 1.82) is 0 Å². The third-order valence-corrected chi connectivity index (χ3v) is 4.09. The van der Waals surface area contributed by atoms with E-state index in [2.05, 4.69) is 10.6 Å². The van der Waals surface area contributed by atoms with Crippen molar-refractivity contribution in [3.05, 3.63) is 35.9 Å². The van der Waals surface area contributed by atoms with E-state index in [9.17, 15) is 17.6 Å². The Kier molecular flexibility index (Phi) is 5.22. The second-order valence-electron chi connectivity index (χ2n) is 5.56. The number of rotatable bonds is 6. The lowest BCUT2D eigenvalue weighted by Crippen LogP contribution is -2.49. The zero-order valence-corrected chi connectivity index (χ0v) is 11.7. The van der Waals surface area contributed by atoms with Gasteiger partial charge in [0.1, 0.15) is 0 Å². The third-order valence-electron chi connectivity index (χ3n) is 4.09. The van der Waals surface area contributed by atoms with Gasteiger partial charge in [-0.25, -0.2) is 8.78 Å². The van der Waals surface area contributed by atoms with Crippen LogP contribution in [0.1, 0.15) is 18.4 Å². The summed E-state index contributed by atoms with van der Waals surface area (Å²) < 4.78 is 50.4. The van der Waals surface area contributed by atoms with E-state index in [1.54, 1.807) is 0 Å². The molecule has 1 saturated heterocycles. The Morgan fingerprint density at radius 2 is 1.76 bits per heavy atom. The smallest absolute Gasteiger partial charge is 0.317 e. The lowest BCUT2D eigenvalue weighted by Gasteiger charge is -2.39. The van der Waals surface area contributed by atoms with Crippen molar-refractivity contribution in [2.75, 3.05) is 26.2 Å². The summed E-state index contributed by atoms with van der Waals surface area (Å²) in [7, 11) is 0. The summed E-state index contributed by atoms with van der Waals surface area (Å²) in [6, 6.07) is 9.66. The molecule has 0 radical (unpaired) electrons. The van der Waals surface area contributed by atoms with Gasteiger partial charge in [0.2, 0.25) is 0 Å². The Balaban J connectivity index is 2.04. The van der Waals surface area contributed by atoms with Gasteiger partial charge in [-0.15, -0.1) is 0 Å². The maximum atomic E-state index is 13.0. The molecule has 0 saturated carbocycles. The van der Waals surface area contributed by atoms with Crippen LogP contribution in [-0.4, -0.2) is 38.5 Å². The van der Waals surface area contributed by atoms with E-state index in [1.807, 2.05) is 30.3 Å². The van der Waals surface area contributed by atoms with Crippen LogP contribution in [0.4, 0.5) is 17.6 Å². The van der Waals surface area contributed by atoms with Crippen molar-refractivity contribution in [3.63, 3.8) is 0 Å². The molecule has 0 aliphatic carbocycles. The minimum atomic E-state index is -3.98. The fraction of sp³-hybridized carbons (Fsp3) is 0.600. The summed E-state index contributed by atoms with van der Waals surface area (Å²) in [5, 5.41) is 5.80. The van der Waals surface area contributed by atoms with Gasteiger partial charge in [0.15, 0.2) is 0 Å². The molecule has 2 nitrogen and oxygen atoms in total. The van der Waals surface area contributed by atoms with Crippen LogP contribution in [0.3, 0.4) is 0 Å². The molecule has 1 heterocycles. The first-order valence-corrected chi connectivity index (χ1v) is 7.09. The maximum Gasteiger partial charge on any atom is 0.319 e. The van der Waals surface area contributed by atoms with Crippen LogP contribution in [0.2, 0.25) is 0 Å². The molecule has 0 spiro atoms. The molecule has 0 unspecified atom stereocenters. The van der Waals surface area contributed by atoms with Crippen molar-refractivity contribution in [2.45, 2.75) is 30.6 Å². The Bertz CT molecular complexity index is 431. The molecule has 0 bridgehead atoms. The number of hydrogen-bond donors (Lipinski definition) is 2. The average Bonchev–Trinajstić information content (AvgIpc) is 2.49. The van der Waals surface area contributed by atoms with Gasteiger partial charge in [0.05, 0.1) is 6.54 Å². The van der Waals surface area contributed by atoms with E-state index in [0.717, 1.165) is 31.5 Å². The number of piperidine rings is 1. The monoisotopic (exact) mass is 304 g/mol. The van der Waals surface area contributed by atoms with E-state index in [4.69, 9.17) is 0 Å². The SMILES string of the molecule is FC(F)C(F)(F)CNCC1(c2ccccc2)CCNCC1. The summed E-state index contributed by atoms with van der Waals surface area (Å²) in [5.74, 6) is -3.98. The largest absolute Gasteiger partial charge is 0.319 e. The van der Waals surface area contributed by atoms with Crippen molar-refractivity contribution >= 4 is 0 Å². The van der Waals surface area contributed by atoms with Crippen LogP contribution in [0.15, 0.2) is 30.3 Å². The van der Waals surface area contributed by atoms with Gasteiger partial charge in [0, 0.05) is 12.0 Å². The predicted molar refractivity (Wildman–Crippen MR) is 74.0 cm³/mol. The molecular weight excluding hydrogens is 284 g/mol. The zero-order chi connectivity index (χ0) is 15.3. The normalized spacial score (nSPS) is 18.9. The standard InChI is InChI=1S/C15H20F4N2/c16-13(17)15(18,19)11-21-10-14(6-8-20-9-7-14)12-4-2-1-3-5-12/h1-5,13,20-21H,6-11H2. The van der Waals surface area contributed by atoms with Crippen LogP contribution >= 0.6 is 0 Å². The first kappa shape index (κ1) is 16.2. The highest BCUT2D eigenvalue weighted by atomic mass is 19.3. The molecule has 21 heavy (non-hydrogen) atoms. The quantitative estimate of drug-likeness (QED) is 0.790. The summed E-state index contributed by atoms with van der Waals surface area (Å²) in [6.07, 6.45) is -2.04. The lowest BCUT2D eigenvalue weighted by molar-refractivity contribution is -0.125. The summed E-state index contributed by atoms with van der Waals surface area (Å²) in [4.78, 5) is 0. The molecule has 118 valence electrons. The molecular formula is C15H20F4N2. The van der Waals surface area contributed by atoms with Gasteiger partial charge in [-0.2, -0.15) is 8.78 Å². The number of alkyl halides is 4. The Morgan fingerprint density at radius 3 is 2.33 bits per heavy atom. The topological polar surface area (TPSA) is 24.1 Å². The first-order chi connectivity index (χ1) is 9.96. The van der Waals surface area contributed by atoms with Gasteiger partial charge in [0.25, 0.3) is 0 Å². The second kappa shape index (κ2) is 6.75. The van der Waals surface area contributed by atoms with Gasteiger partial charge >= 0.3 is 12.3 Å². The molecule has 0 aromatic heterocycles. The van der Waals surface area contributed by atoms with E-state index >= 15 is 0 Å².